The molecule has 0 saturated carbocycles. The average Bonchev–Trinajstić information content (AvgIpc) is 3.41. The second-order valence-electron chi connectivity index (χ2n) is 11.6. The van der Waals surface area contributed by atoms with Crippen LogP contribution >= 0.6 is 0 Å². The second-order valence-corrected chi connectivity index (χ2v) is 11.6. The van der Waals surface area contributed by atoms with Crippen molar-refractivity contribution < 1.29 is 58.7 Å². The molecule has 1 atom stereocenters. The van der Waals surface area contributed by atoms with Crippen LogP contribution in [0.5, 0.6) is 0 Å². The van der Waals surface area contributed by atoms with Gasteiger partial charge in [0.1, 0.15) is 11.1 Å². The minimum Gasteiger partial charge on any atom is -0.444 e. The van der Waals surface area contributed by atoms with Gasteiger partial charge in [-0.05, 0) is 50.6 Å². The summed E-state index contributed by atoms with van der Waals surface area (Å²) in [5.74, 6) is -0.602. The van der Waals surface area contributed by atoms with Gasteiger partial charge >= 0.3 is 24.6 Å². The first kappa shape index (κ1) is 30.5. The number of rotatable bonds is 2. The number of carbonyl (C=O) groups is 2. The highest BCUT2D eigenvalue weighted by atomic mass is 19.4. The highest BCUT2D eigenvalue weighted by molar-refractivity contribution is 6.06. The van der Waals surface area contributed by atoms with E-state index in [0.717, 1.165) is 0 Å². The molecule has 1 spiro atoms. The van der Waals surface area contributed by atoms with Gasteiger partial charge in [0.2, 0.25) is 0 Å². The summed E-state index contributed by atoms with van der Waals surface area (Å²) in [7, 11) is 0. The van der Waals surface area contributed by atoms with Crippen LogP contribution in [0, 0.1) is 0 Å². The summed E-state index contributed by atoms with van der Waals surface area (Å²) in [6.07, 6.45) is -18.2. The van der Waals surface area contributed by atoms with Gasteiger partial charge in [-0.25, -0.2) is 4.79 Å². The van der Waals surface area contributed by atoms with Crippen molar-refractivity contribution in [1.82, 2.24) is 10.2 Å². The van der Waals surface area contributed by atoms with Crippen molar-refractivity contribution in [1.29, 1.82) is 0 Å². The van der Waals surface area contributed by atoms with Crippen molar-refractivity contribution in [3.8, 4) is 0 Å². The molecule has 1 N–H and O–H groups in total. The van der Waals surface area contributed by atoms with E-state index in [1.807, 2.05) is 0 Å². The Morgan fingerprint density at radius 1 is 0.930 bits per heavy atom. The summed E-state index contributed by atoms with van der Waals surface area (Å²) >= 11 is 0. The third-order valence-electron chi connectivity index (χ3n) is 7.28. The molecule has 43 heavy (non-hydrogen) atoms. The largest absolute Gasteiger partial charge is 0.444 e. The standard InChI is InChI=1S/C27H22F9N3O4/c1-22(2,3)42-21(41)39-11-23(12-39)18-5-4-13(6-17(18)20(40)37-23)19-10-24(43-38-19,27(34,35)36)14-7-15(25(28,29)30)9-16(8-14)26(31,32)33/h4-9H,10-12H2,1-3H3,(H,37,40). The van der Waals surface area contributed by atoms with Crippen LogP contribution in [-0.2, 0) is 33.1 Å². The van der Waals surface area contributed by atoms with Crippen LogP contribution in [0.25, 0.3) is 0 Å². The topological polar surface area (TPSA) is 80.2 Å². The minimum atomic E-state index is -5.50. The lowest BCUT2D eigenvalue weighted by Gasteiger charge is -2.48. The summed E-state index contributed by atoms with van der Waals surface area (Å²) < 4.78 is 129. The van der Waals surface area contributed by atoms with Crippen molar-refractivity contribution >= 4 is 17.7 Å². The van der Waals surface area contributed by atoms with Gasteiger partial charge in [-0.1, -0.05) is 17.3 Å². The molecule has 3 aliphatic rings. The van der Waals surface area contributed by atoms with Crippen molar-refractivity contribution in [2.45, 2.75) is 62.5 Å². The molecule has 1 saturated heterocycles. The van der Waals surface area contributed by atoms with Crippen molar-refractivity contribution in [3.05, 3.63) is 69.8 Å². The summed E-state index contributed by atoms with van der Waals surface area (Å²) in [4.78, 5) is 31.2. The van der Waals surface area contributed by atoms with E-state index in [-0.39, 0.29) is 42.4 Å². The van der Waals surface area contributed by atoms with Gasteiger partial charge in [0.25, 0.3) is 11.5 Å². The number of hydrogen-bond acceptors (Lipinski definition) is 5. The number of nitrogens with one attached hydrogen (secondary N) is 1. The molecular weight excluding hydrogens is 601 g/mol. The number of amides is 2. The molecular formula is C27H22F9N3O4. The van der Waals surface area contributed by atoms with Crippen molar-refractivity contribution in [2.24, 2.45) is 5.16 Å². The predicted octanol–water partition coefficient (Wildman–Crippen LogP) is 6.50. The monoisotopic (exact) mass is 623 g/mol. The molecule has 16 heteroatoms. The van der Waals surface area contributed by atoms with Gasteiger partial charge in [0, 0.05) is 23.1 Å². The number of ether oxygens (including phenoxy) is 1. The van der Waals surface area contributed by atoms with E-state index in [1.54, 1.807) is 20.8 Å². The number of halogens is 9. The van der Waals surface area contributed by atoms with Crippen LogP contribution in [0.15, 0.2) is 41.6 Å². The van der Waals surface area contributed by atoms with Gasteiger partial charge in [-0.2, -0.15) is 39.5 Å². The number of fused-ring (bicyclic) bond motifs is 2. The van der Waals surface area contributed by atoms with Crippen LogP contribution in [0.1, 0.15) is 65.4 Å². The Bertz CT molecular complexity index is 1500. The highest BCUT2D eigenvalue weighted by Gasteiger charge is 2.63. The maximum Gasteiger partial charge on any atom is 0.435 e. The summed E-state index contributed by atoms with van der Waals surface area (Å²) in [5.41, 5.74) is -10.8. The first-order chi connectivity index (χ1) is 19.5. The Kier molecular flexibility index (Phi) is 6.56. The molecule has 2 amide bonds. The van der Waals surface area contributed by atoms with E-state index in [9.17, 15) is 49.1 Å². The fraction of sp³-hybridized carbons (Fsp3) is 0.444. The van der Waals surface area contributed by atoms with E-state index in [2.05, 4.69) is 15.3 Å². The zero-order valence-corrected chi connectivity index (χ0v) is 22.5. The lowest BCUT2D eigenvalue weighted by Crippen LogP contribution is -2.66. The van der Waals surface area contributed by atoms with Crippen LogP contribution in [0.2, 0.25) is 0 Å². The lowest BCUT2D eigenvalue weighted by atomic mass is 9.81. The normalized spacial score (nSPS) is 21.6. The van der Waals surface area contributed by atoms with Crippen LogP contribution in [0.4, 0.5) is 44.3 Å². The molecule has 5 rings (SSSR count). The Morgan fingerprint density at radius 2 is 1.51 bits per heavy atom. The summed E-state index contributed by atoms with van der Waals surface area (Å²) in [6.45, 7) is 5.15. The molecule has 3 aliphatic heterocycles. The number of carbonyl (C=O) groups excluding carboxylic acids is 2. The first-order valence-electron chi connectivity index (χ1n) is 12.6. The molecule has 2 aromatic rings. The van der Waals surface area contributed by atoms with Gasteiger partial charge in [0.05, 0.1) is 29.9 Å². The molecule has 2 aromatic carbocycles. The molecule has 0 radical (unpaired) electrons. The van der Waals surface area contributed by atoms with Gasteiger partial charge < -0.3 is 19.8 Å². The fourth-order valence-electron chi connectivity index (χ4n) is 5.24. The maximum atomic E-state index is 14.4. The number of hydrogen-bond donors (Lipinski definition) is 1. The third-order valence-corrected chi connectivity index (χ3v) is 7.28. The fourth-order valence-corrected chi connectivity index (χ4v) is 5.24. The smallest absolute Gasteiger partial charge is 0.435 e. The average molecular weight is 623 g/mol. The maximum absolute atomic E-state index is 14.4. The molecule has 232 valence electrons. The molecule has 3 heterocycles. The van der Waals surface area contributed by atoms with Crippen molar-refractivity contribution in [3.63, 3.8) is 0 Å². The number of likely N-dealkylation sites (tertiary alicyclic amines) is 1. The van der Waals surface area contributed by atoms with E-state index in [4.69, 9.17) is 4.74 Å². The minimum absolute atomic E-state index is 0.0475. The summed E-state index contributed by atoms with van der Waals surface area (Å²) in [5, 5.41) is 6.16. The number of nitrogens with zero attached hydrogens (tertiary/aromatic N) is 2. The van der Waals surface area contributed by atoms with Crippen LogP contribution < -0.4 is 5.32 Å². The van der Waals surface area contributed by atoms with E-state index >= 15 is 0 Å². The van der Waals surface area contributed by atoms with E-state index in [0.29, 0.717) is 5.56 Å². The zero-order chi connectivity index (χ0) is 32.0. The third kappa shape index (κ3) is 5.24. The Balaban J connectivity index is 1.46. The van der Waals surface area contributed by atoms with Gasteiger partial charge in [-0.15, -0.1) is 0 Å². The summed E-state index contributed by atoms with van der Waals surface area (Å²) in [6, 6.07) is 3.55. The van der Waals surface area contributed by atoms with E-state index in [1.165, 1.54) is 23.1 Å². The molecule has 0 aliphatic carbocycles. The number of alkyl halides is 9. The van der Waals surface area contributed by atoms with Crippen LogP contribution in [0.3, 0.4) is 0 Å². The SMILES string of the molecule is CC(C)(C)OC(=O)N1CC2(C1)NC(=O)c1cc(C3=NOC(c4cc(C(F)(F)F)cc(C(F)(F)F)c4)(C(F)(F)F)C3)ccc12. The number of benzene rings is 2. The molecule has 0 bridgehead atoms. The molecule has 1 unspecified atom stereocenters. The van der Waals surface area contributed by atoms with Gasteiger partial charge in [-0.3, -0.25) is 4.79 Å². The highest BCUT2D eigenvalue weighted by Crippen LogP contribution is 2.51. The molecule has 7 nitrogen and oxygen atoms in total. The molecule has 0 aromatic heterocycles. The Hall–Kier alpha value is -3.98. The second kappa shape index (κ2) is 9.26. The number of oxime groups is 1. The van der Waals surface area contributed by atoms with Crippen LogP contribution in [-0.4, -0.2) is 47.5 Å². The zero-order valence-electron chi connectivity index (χ0n) is 22.5. The van der Waals surface area contributed by atoms with Gasteiger partial charge in [0.15, 0.2) is 0 Å². The molecule has 1 fully saturated rings. The Labute approximate surface area is 237 Å². The van der Waals surface area contributed by atoms with Crippen molar-refractivity contribution in [2.75, 3.05) is 13.1 Å². The Morgan fingerprint density at radius 3 is 2.02 bits per heavy atom. The quantitative estimate of drug-likeness (QED) is 0.388. The van der Waals surface area contributed by atoms with E-state index < -0.39 is 76.1 Å². The lowest BCUT2D eigenvalue weighted by molar-refractivity contribution is -0.276. The predicted molar refractivity (Wildman–Crippen MR) is 130 cm³/mol. The first-order valence-corrected chi connectivity index (χ1v) is 12.6.